The minimum Gasteiger partial charge on any atom is -0.481 e. The lowest BCUT2D eigenvalue weighted by Gasteiger charge is -2.38. The molecule has 3 nitrogen and oxygen atoms in total. The van der Waals surface area contributed by atoms with Crippen LogP contribution in [0.1, 0.15) is 65.2 Å². The molecule has 1 aliphatic carbocycles. The summed E-state index contributed by atoms with van der Waals surface area (Å²) in [6.45, 7) is 4.52. The first-order chi connectivity index (χ1) is 8.65. The number of carboxylic acid groups (broad SMARTS) is 1. The highest BCUT2D eigenvalue weighted by Crippen LogP contribution is 2.36. The normalized spacial score (nSPS) is 38.6. The highest BCUT2D eigenvalue weighted by atomic mass is 16.4. The van der Waals surface area contributed by atoms with Crippen LogP contribution >= 0.6 is 0 Å². The quantitative estimate of drug-likeness (QED) is 0.785. The molecular weight excluding hydrogens is 226 g/mol. The Morgan fingerprint density at radius 3 is 2.56 bits per heavy atom. The van der Waals surface area contributed by atoms with Gasteiger partial charge in [0, 0.05) is 18.1 Å². The summed E-state index contributed by atoms with van der Waals surface area (Å²) in [5, 5.41) is 9.51. The molecule has 1 aliphatic heterocycles. The molecule has 104 valence electrons. The molecule has 1 saturated heterocycles. The summed E-state index contributed by atoms with van der Waals surface area (Å²) >= 11 is 0. The molecule has 0 amide bonds. The molecule has 2 rings (SSSR count). The van der Waals surface area contributed by atoms with Gasteiger partial charge in [0.2, 0.25) is 0 Å². The molecule has 0 aromatic rings. The Kier molecular flexibility index (Phi) is 4.66. The van der Waals surface area contributed by atoms with Gasteiger partial charge in [-0.05, 0) is 39.0 Å². The van der Waals surface area contributed by atoms with Gasteiger partial charge in [-0.2, -0.15) is 0 Å². The second-order valence-corrected chi connectivity index (χ2v) is 6.09. The van der Waals surface area contributed by atoms with Crippen LogP contribution in [-0.2, 0) is 4.79 Å². The van der Waals surface area contributed by atoms with Crippen LogP contribution < -0.4 is 0 Å². The predicted molar refractivity (Wildman–Crippen MR) is 72.6 cm³/mol. The van der Waals surface area contributed by atoms with Crippen LogP contribution in [0.5, 0.6) is 0 Å². The largest absolute Gasteiger partial charge is 0.481 e. The summed E-state index contributed by atoms with van der Waals surface area (Å²) < 4.78 is 0. The van der Waals surface area contributed by atoms with Crippen LogP contribution in [0.2, 0.25) is 0 Å². The maximum absolute atomic E-state index is 11.5. The average Bonchev–Trinajstić information content (AvgIpc) is 2.57. The van der Waals surface area contributed by atoms with Gasteiger partial charge in [-0.3, -0.25) is 9.69 Å². The van der Waals surface area contributed by atoms with Gasteiger partial charge in [0.1, 0.15) is 0 Å². The highest BCUT2D eigenvalue weighted by molar-refractivity contribution is 5.71. The van der Waals surface area contributed by atoms with Crippen molar-refractivity contribution in [2.24, 2.45) is 5.92 Å². The van der Waals surface area contributed by atoms with Crippen molar-refractivity contribution in [2.45, 2.75) is 83.3 Å². The van der Waals surface area contributed by atoms with E-state index in [4.69, 9.17) is 0 Å². The monoisotopic (exact) mass is 253 g/mol. The number of carboxylic acids is 1. The van der Waals surface area contributed by atoms with E-state index in [0.717, 1.165) is 25.7 Å². The van der Waals surface area contributed by atoms with Gasteiger partial charge in [-0.15, -0.1) is 0 Å². The van der Waals surface area contributed by atoms with E-state index < -0.39 is 5.97 Å². The van der Waals surface area contributed by atoms with Crippen LogP contribution in [0.4, 0.5) is 0 Å². The smallest absolute Gasteiger partial charge is 0.308 e. The molecule has 1 N–H and O–H groups in total. The van der Waals surface area contributed by atoms with Gasteiger partial charge in [-0.25, -0.2) is 0 Å². The highest BCUT2D eigenvalue weighted by Gasteiger charge is 2.41. The van der Waals surface area contributed by atoms with Gasteiger partial charge < -0.3 is 5.11 Å². The first kappa shape index (κ1) is 13.9. The lowest BCUT2D eigenvalue weighted by atomic mass is 9.92. The third kappa shape index (κ3) is 2.71. The molecule has 18 heavy (non-hydrogen) atoms. The lowest BCUT2D eigenvalue weighted by Crippen LogP contribution is -2.48. The van der Waals surface area contributed by atoms with E-state index in [2.05, 4.69) is 18.7 Å². The van der Waals surface area contributed by atoms with Crippen molar-refractivity contribution in [3.05, 3.63) is 0 Å². The molecule has 0 aromatic heterocycles. The number of hydrogen-bond donors (Lipinski definition) is 1. The summed E-state index contributed by atoms with van der Waals surface area (Å²) in [7, 11) is 0. The molecule has 4 atom stereocenters. The molecule has 1 heterocycles. The van der Waals surface area contributed by atoms with E-state index in [-0.39, 0.29) is 12.0 Å². The van der Waals surface area contributed by atoms with Crippen LogP contribution in [-0.4, -0.2) is 34.1 Å². The summed E-state index contributed by atoms with van der Waals surface area (Å²) in [6.07, 6.45) is 9.10. The molecule has 0 spiro atoms. The zero-order valence-electron chi connectivity index (χ0n) is 11.8. The minimum atomic E-state index is -0.573. The zero-order chi connectivity index (χ0) is 13.1. The fraction of sp³-hybridized carbons (Fsp3) is 0.933. The van der Waals surface area contributed by atoms with E-state index in [1.807, 2.05) is 0 Å². The molecule has 0 aromatic carbocycles. The van der Waals surface area contributed by atoms with Gasteiger partial charge in [0.15, 0.2) is 0 Å². The van der Waals surface area contributed by atoms with Crippen molar-refractivity contribution in [1.29, 1.82) is 0 Å². The summed E-state index contributed by atoms with van der Waals surface area (Å²) in [4.78, 5) is 14.1. The van der Waals surface area contributed by atoms with Gasteiger partial charge >= 0.3 is 5.97 Å². The lowest BCUT2D eigenvalue weighted by molar-refractivity contribution is -0.145. The molecule has 0 radical (unpaired) electrons. The molecule has 3 heteroatoms. The fourth-order valence-corrected chi connectivity index (χ4v) is 4.04. The Bertz CT molecular complexity index is 292. The SMILES string of the molecule is CCC1CCC(C)N1C1CCCCCC1C(=O)O. The van der Waals surface area contributed by atoms with Crippen LogP contribution in [0.25, 0.3) is 0 Å². The number of hydrogen-bond acceptors (Lipinski definition) is 2. The topological polar surface area (TPSA) is 40.5 Å². The van der Waals surface area contributed by atoms with Crippen molar-refractivity contribution < 1.29 is 9.90 Å². The van der Waals surface area contributed by atoms with Crippen molar-refractivity contribution in [2.75, 3.05) is 0 Å². The number of aliphatic carboxylic acids is 1. The minimum absolute atomic E-state index is 0.137. The first-order valence-electron chi connectivity index (χ1n) is 7.65. The molecule has 2 fully saturated rings. The first-order valence-corrected chi connectivity index (χ1v) is 7.65. The molecule has 4 unspecified atom stereocenters. The third-order valence-corrected chi connectivity index (χ3v) is 5.00. The number of carbonyl (C=O) groups is 1. The molecular formula is C15H27NO2. The van der Waals surface area contributed by atoms with Crippen molar-refractivity contribution in [3.63, 3.8) is 0 Å². The van der Waals surface area contributed by atoms with Gasteiger partial charge in [-0.1, -0.05) is 26.2 Å². The fourth-order valence-electron chi connectivity index (χ4n) is 4.04. The number of nitrogens with zero attached hydrogens (tertiary/aromatic N) is 1. The summed E-state index contributed by atoms with van der Waals surface area (Å²) in [6, 6.07) is 1.47. The molecule has 1 saturated carbocycles. The van der Waals surface area contributed by atoms with Crippen LogP contribution in [0.3, 0.4) is 0 Å². The standard InChI is InChI=1S/C15H27NO2/c1-3-12-10-9-11(2)16(12)14-8-6-4-5-7-13(14)15(17)18/h11-14H,3-10H2,1-2H3,(H,17,18). The Balaban J connectivity index is 2.17. The predicted octanol–water partition coefficient (Wildman–Crippen LogP) is 3.28. The van der Waals surface area contributed by atoms with E-state index in [0.29, 0.717) is 12.1 Å². The maximum Gasteiger partial charge on any atom is 0.308 e. The summed E-state index contributed by atoms with van der Waals surface area (Å²) in [5.74, 6) is -0.710. The van der Waals surface area contributed by atoms with Crippen molar-refractivity contribution in [3.8, 4) is 0 Å². The van der Waals surface area contributed by atoms with Crippen molar-refractivity contribution >= 4 is 5.97 Å². The van der Waals surface area contributed by atoms with Gasteiger partial charge in [0.05, 0.1) is 5.92 Å². The van der Waals surface area contributed by atoms with Gasteiger partial charge in [0.25, 0.3) is 0 Å². The average molecular weight is 253 g/mol. The second kappa shape index (κ2) is 6.05. The molecule has 2 aliphatic rings. The Labute approximate surface area is 111 Å². The molecule has 0 bridgehead atoms. The van der Waals surface area contributed by atoms with E-state index in [1.54, 1.807) is 0 Å². The van der Waals surface area contributed by atoms with Crippen molar-refractivity contribution in [1.82, 2.24) is 4.90 Å². The Morgan fingerprint density at radius 2 is 1.89 bits per heavy atom. The Hall–Kier alpha value is -0.570. The third-order valence-electron chi connectivity index (χ3n) is 5.00. The second-order valence-electron chi connectivity index (χ2n) is 6.09. The number of likely N-dealkylation sites (tertiary alicyclic amines) is 1. The van der Waals surface area contributed by atoms with E-state index in [1.165, 1.54) is 25.7 Å². The van der Waals surface area contributed by atoms with Crippen LogP contribution in [0, 0.1) is 5.92 Å². The maximum atomic E-state index is 11.5. The van der Waals surface area contributed by atoms with Crippen LogP contribution in [0.15, 0.2) is 0 Å². The zero-order valence-corrected chi connectivity index (χ0v) is 11.8. The van der Waals surface area contributed by atoms with E-state index in [9.17, 15) is 9.90 Å². The van der Waals surface area contributed by atoms with E-state index >= 15 is 0 Å². The summed E-state index contributed by atoms with van der Waals surface area (Å²) in [5.41, 5.74) is 0. The number of rotatable bonds is 3. The Morgan fingerprint density at radius 1 is 1.17 bits per heavy atom.